The van der Waals surface area contributed by atoms with Gasteiger partial charge in [-0.1, -0.05) is 43.7 Å². The number of nitrogens with one attached hydrogen (secondary N) is 1. The molecule has 0 amide bonds. The Morgan fingerprint density at radius 3 is 2.64 bits per heavy atom. The van der Waals surface area contributed by atoms with Crippen LogP contribution >= 0.6 is 0 Å². The molecule has 0 radical (unpaired) electrons. The number of carbonyl (C=O) groups is 1. The first kappa shape index (κ1) is 15.9. The first-order valence-electron chi connectivity index (χ1n) is 7.25. The molecular weight excluding hydrogens is 284 g/mol. The van der Waals surface area contributed by atoms with E-state index in [1.54, 1.807) is 0 Å². The van der Waals surface area contributed by atoms with Crippen LogP contribution in [0.2, 0.25) is 0 Å². The van der Waals surface area contributed by atoms with Crippen LogP contribution in [0.15, 0.2) is 35.1 Å². The molecule has 0 saturated heterocycles. The number of carbonyl (C=O) groups excluding carboxylic acids is 1. The van der Waals surface area contributed by atoms with Crippen LogP contribution in [-0.4, -0.2) is 29.5 Å². The Labute approximate surface area is 128 Å². The molecule has 22 heavy (non-hydrogen) atoms. The maximum Gasteiger partial charge on any atom is 0.360 e. The van der Waals surface area contributed by atoms with Crippen molar-refractivity contribution in [3.63, 3.8) is 0 Å². The van der Waals surface area contributed by atoms with Gasteiger partial charge in [-0.15, -0.1) is 0 Å². The second-order valence-electron chi connectivity index (χ2n) is 4.89. The van der Waals surface area contributed by atoms with E-state index in [-0.39, 0.29) is 17.0 Å². The lowest BCUT2D eigenvalue weighted by Gasteiger charge is -2.02. The molecule has 0 fully saturated rings. The van der Waals surface area contributed by atoms with Gasteiger partial charge in [-0.3, -0.25) is 9.89 Å². The van der Waals surface area contributed by atoms with Gasteiger partial charge in [-0.2, -0.15) is 0 Å². The number of unbranched alkanes of at least 4 members (excludes halogenated alkanes) is 1. The third-order valence-electron chi connectivity index (χ3n) is 3.23. The zero-order chi connectivity index (χ0) is 15.9. The molecule has 0 atom stereocenters. The normalized spacial score (nSPS) is 10.5. The van der Waals surface area contributed by atoms with Crippen molar-refractivity contribution in [3.05, 3.63) is 51.9 Å². The van der Waals surface area contributed by atoms with Crippen molar-refractivity contribution in [1.29, 1.82) is 0 Å². The molecule has 6 heteroatoms. The molecule has 2 rings (SSSR count). The van der Waals surface area contributed by atoms with Crippen molar-refractivity contribution in [2.24, 2.45) is 0 Å². The Kier molecular flexibility index (Phi) is 5.41. The predicted octanol–water partition coefficient (Wildman–Crippen LogP) is 2.19. The number of esters is 1. The lowest BCUT2D eigenvalue weighted by molar-refractivity contribution is 0.0588. The number of aromatic amines is 1. The van der Waals surface area contributed by atoms with Gasteiger partial charge in [-0.05, 0) is 12.0 Å². The van der Waals surface area contributed by atoms with E-state index in [1.807, 2.05) is 37.3 Å². The fourth-order valence-corrected chi connectivity index (χ4v) is 2.04. The van der Waals surface area contributed by atoms with Gasteiger partial charge in [0.05, 0.1) is 20.3 Å². The topological polar surface area (TPSA) is 73.3 Å². The Morgan fingerprint density at radius 1 is 1.27 bits per heavy atom. The van der Waals surface area contributed by atoms with Crippen LogP contribution in [0.5, 0.6) is 5.75 Å². The van der Waals surface area contributed by atoms with Crippen LogP contribution in [0.4, 0.5) is 0 Å². The summed E-state index contributed by atoms with van der Waals surface area (Å²) in [6.45, 7) is 2.75. The summed E-state index contributed by atoms with van der Waals surface area (Å²) in [7, 11) is 1.27. The minimum atomic E-state index is -0.615. The number of hydrogen-bond acceptors (Lipinski definition) is 4. The number of hydrogen-bond donors (Lipinski definition) is 1. The minimum Gasteiger partial charge on any atom is -0.486 e. The smallest absolute Gasteiger partial charge is 0.360 e. The zero-order valence-electron chi connectivity index (χ0n) is 12.8. The number of methoxy groups -OCH3 is 1. The Bertz CT molecular complexity index is 673. The highest BCUT2D eigenvalue weighted by Gasteiger charge is 2.22. The van der Waals surface area contributed by atoms with Gasteiger partial charge in [0.1, 0.15) is 0 Å². The average molecular weight is 304 g/mol. The summed E-state index contributed by atoms with van der Waals surface area (Å²) in [5, 5.41) is 2.78. The highest BCUT2D eigenvalue weighted by Crippen LogP contribution is 2.14. The molecule has 1 N–H and O–H groups in total. The highest BCUT2D eigenvalue weighted by atomic mass is 16.5. The standard InChI is InChI=1S/C16H20N2O4/c1-3-4-10-22-14-13(16(20)21-2)17-18(15(14)19)11-12-8-6-5-7-9-12/h5-9,17H,3-4,10-11H2,1-2H3. The van der Waals surface area contributed by atoms with Gasteiger partial charge in [0.25, 0.3) is 0 Å². The van der Waals surface area contributed by atoms with Crippen LogP contribution in [0.1, 0.15) is 35.8 Å². The minimum absolute atomic E-state index is 0.0243. The van der Waals surface area contributed by atoms with Crippen LogP contribution in [-0.2, 0) is 11.3 Å². The molecule has 118 valence electrons. The molecule has 1 aromatic heterocycles. The summed E-state index contributed by atoms with van der Waals surface area (Å²) in [5.74, 6) is -0.591. The molecule has 6 nitrogen and oxygen atoms in total. The molecule has 0 aliphatic rings. The first-order valence-corrected chi connectivity index (χ1v) is 7.25. The molecule has 1 heterocycles. The monoisotopic (exact) mass is 304 g/mol. The largest absolute Gasteiger partial charge is 0.486 e. The van der Waals surface area contributed by atoms with Gasteiger partial charge in [0, 0.05) is 0 Å². The summed E-state index contributed by atoms with van der Waals surface area (Å²) in [6, 6.07) is 9.50. The summed E-state index contributed by atoms with van der Waals surface area (Å²) in [6.07, 6.45) is 1.75. The number of H-pyrrole nitrogens is 1. The highest BCUT2D eigenvalue weighted by molar-refractivity contribution is 5.90. The summed E-state index contributed by atoms with van der Waals surface area (Å²) in [4.78, 5) is 24.2. The molecule has 0 aliphatic carbocycles. The number of aromatic nitrogens is 2. The zero-order valence-corrected chi connectivity index (χ0v) is 12.8. The summed E-state index contributed by atoms with van der Waals surface area (Å²) < 4.78 is 11.5. The van der Waals surface area contributed by atoms with Crippen molar-refractivity contribution in [2.45, 2.75) is 26.3 Å². The van der Waals surface area contributed by atoms with Gasteiger partial charge in [0.2, 0.25) is 5.75 Å². The number of ether oxygens (including phenoxy) is 2. The number of benzene rings is 1. The van der Waals surface area contributed by atoms with E-state index >= 15 is 0 Å². The molecule has 0 unspecified atom stereocenters. The molecule has 2 aromatic rings. The molecule has 0 spiro atoms. The Balaban J connectivity index is 2.31. The fourth-order valence-electron chi connectivity index (χ4n) is 2.04. The first-order chi connectivity index (χ1) is 10.7. The van der Waals surface area contributed by atoms with Crippen LogP contribution in [0.3, 0.4) is 0 Å². The second-order valence-corrected chi connectivity index (χ2v) is 4.89. The quantitative estimate of drug-likeness (QED) is 0.628. The molecule has 1 aromatic carbocycles. The van der Waals surface area contributed by atoms with Gasteiger partial charge in [-0.25, -0.2) is 9.48 Å². The molecular formula is C16H20N2O4. The van der Waals surface area contributed by atoms with E-state index in [1.165, 1.54) is 11.8 Å². The van der Waals surface area contributed by atoms with Crippen molar-refractivity contribution in [1.82, 2.24) is 9.78 Å². The number of rotatable bonds is 7. The summed E-state index contributed by atoms with van der Waals surface area (Å²) in [5.41, 5.74) is 0.641. The van der Waals surface area contributed by atoms with E-state index in [0.717, 1.165) is 18.4 Å². The van der Waals surface area contributed by atoms with Crippen molar-refractivity contribution in [3.8, 4) is 5.75 Å². The lowest BCUT2D eigenvalue weighted by atomic mass is 10.2. The van der Waals surface area contributed by atoms with E-state index in [9.17, 15) is 9.59 Å². The molecule has 0 aliphatic heterocycles. The third-order valence-corrected chi connectivity index (χ3v) is 3.23. The maximum absolute atomic E-state index is 12.4. The summed E-state index contributed by atoms with van der Waals surface area (Å²) >= 11 is 0. The third kappa shape index (κ3) is 3.58. The average Bonchev–Trinajstić information content (AvgIpc) is 2.85. The van der Waals surface area contributed by atoms with Gasteiger partial charge >= 0.3 is 11.5 Å². The lowest BCUT2D eigenvalue weighted by Crippen LogP contribution is -2.19. The Hall–Kier alpha value is -2.50. The van der Waals surface area contributed by atoms with Gasteiger partial charge < -0.3 is 9.47 Å². The maximum atomic E-state index is 12.4. The van der Waals surface area contributed by atoms with Crippen LogP contribution in [0.25, 0.3) is 0 Å². The van der Waals surface area contributed by atoms with E-state index < -0.39 is 5.97 Å². The molecule has 0 saturated carbocycles. The second kappa shape index (κ2) is 7.49. The van der Waals surface area contributed by atoms with Crippen LogP contribution in [0, 0.1) is 0 Å². The van der Waals surface area contributed by atoms with Crippen LogP contribution < -0.4 is 10.3 Å². The van der Waals surface area contributed by atoms with Gasteiger partial charge in [0.15, 0.2) is 5.69 Å². The van der Waals surface area contributed by atoms with E-state index in [4.69, 9.17) is 9.47 Å². The molecule has 0 bridgehead atoms. The SMILES string of the molecule is CCCCOc1c(C(=O)OC)[nH]n(Cc2ccccc2)c1=O. The fraction of sp³-hybridized carbons (Fsp3) is 0.375. The van der Waals surface area contributed by atoms with Crippen molar-refractivity contribution >= 4 is 5.97 Å². The van der Waals surface area contributed by atoms with E-state index in [2.05, 4.69) is 5.10 Å². The number of nitrogens with zero attached hydrogens (tertiary/aromatic N) is 1. The van der Waals surface area contributed by atoms with Crippen molar-refractivity contribution in [2.75, 3.05) is 13.7 Å². The van der Waals surface area contributed by atoms with E-state index in [0.29, 0.717) is 13.2 Å². The predicted molar refractivity (Wildman–Crippen MR) is 82.3 cm³/mol. The van der Waals surface area contributed by atoms with Crippen molar-refractivity contribution < 1.29 is 14.3 Å². The Morgan fingerprint density at radius 2 is 2.00 bits per heavy atom.